The molecule has 0 saturated heterocycles. The molecule has 3 aromatic heterocycles. The minimum Gasteiger partial charge on any atom is -0.299 e. The lowest BCUT2D eigenvalue weighted by molar-refractivity contribution is 0.103. The highest BCUT2D eigenvalue weighted by Gasteiger charge is 2.22. The minimum absolute atomic E-state index is 0.0372. The molecule has 7 heteroatoms. The van der Waals surface area contributed by atoms with Crippen LogP contribution in [0.15, 0.2) is 70.3 Å². The lowest BCUT2D eigenvalue weighted by Gasteiger charge is -2.18. The number of pyridine rings is 1. The second-order valence-electron chi connectivity index (χ2n) is 5.87. The van der Waals surface area contributed by atoms with Crippen molar-refractivity contribution in [2.75, 3.05) is 6.26 Å². The first-order chi connectivity index (χ1) is 13.6. The minimum atomic E-state index is -0.0372. The van der Waals surface area contributed by atoms with Gasteiger partial charge >= 0.3 is 0 Å². The number of nitrogens with zero attached hydrogens (tertiary/aromatic N) is 1. The third kappa shape index (κ3) is 3.63. The molecular formula is C21H14ClNOS4. The lowest BCUT2D eigenvalue weighted by Crippen LogP contribution is -2.10. The fraction of sp³-hybridized carbons (Fsp3) is 0.0476. The number of hydrogen-bond donors (Lipinski definition) is 0. The molecule has 2 nitrogen and oxygen atoms in total. The summed E-state index contributed by atoms with van der Waals surface area (Å²) in [5.74, 6) is -0.0372. The molecule has 28 heavy (non-hydrogen) atoms. The Morgan fingerprint density at radius 3 is 2.39 bits per heavy atom. The quantitative estimate of drug-likeness (QED) is 0.174. The van der Waals surface area contributed by atoms with E-state index in [9.17, 15) is 4.79 Å². The molecule has 0 aliphatic heterocycles. The SMILES string of the molecule is CSc1cc(-c2cccs2)n(-c2ccc(Cl)cc2)c(=S)c1C(=O)c1cccs1. The molecule has 0 radical (unpaired) electrons. The van der Waals surface area contributed by atoms with Crippen molar-refractivity contribution in [3.05, 3.63) is 85.5 Å². The van der Waals surface area contributed by atoms with Crippen molar-refractivity contribution in [3.63, 3.8) is 0 Å². The van der Waals surface area contributed by atoms with Crippen molar-refractivity contribution in [2.24, 2.45) is 0 Å². The lowest BCUT2D eigenvalue weighted by atomic mass is 10.1. The van der Waals surface area contributed by atoms with Gasteiger partial charge in [-0.2, -0.15) is 0 Å². The fourth-order valence-electron chi connectivity index (χ4n) is 2.94. The van der Waals surface area contributed by atoms with E-state index in [4.69, 9.17) is 23.8 Å². The second-order valence-corrected chi connectivity index (χ2v) is 9.44. The van der Waals surface area contributed by atoms with Gasteiger partial charge in [-0.1, -0.05) is 36.0 Å². The van der Waals surface area contributed by atoms with E-state index < -0.39 is 0 Å². The molecule has 0 fully saturated rings. The molecule has 0 spiro atoms. The molecule has 140 valence electrons. The summed E-state index contributed by atoms with van der Waals surface area (Å²) in [6, 6.07) is 17.4. The van der Waals surface area contributed by atoms with Crippen LogP contribution in [0.3, 0.4) is 0 Å². The third-order valence-electron chi connectivity index (χ3n) is 4.22. The van der Waals surface area contributed by atoms with Crippen LogP contribution in [-0.4, -0.2) is 16.6 Å². The van der Waals surface area contributed by atoms with E-state index in [0.29, 0.717) is 20.1 Å². The normalized spacial score (nSPS) is 10.9. The molecule has 0 N–H and O–H groups in total. The van der Waals surface area contributed by atoms with Crippen LogP contribution in [0.1, 0.15) is 15.2 Å². The van der Waals surface area contributed by atoms with E-state index in [1.165, 1.54) is 11.3 Å². The van der Waals surface area contributed by atoms with Crippen LogP contribution in [0.5, 0.6) is 0 Å². The zero-order valence-corrected chi connectivity index (χ0v) is 18.7. The van der Waals surface area contributed by atoms with Gasteiger partial charge in [0.05, 0.1) is 21.0 Å². The van der Waals surface area contributed by atoms with Crippen molar-refractivity contribution in [2.45, 2.75) is 4.90 Å². The Morgan fingerprint density at radius 2 is 1.79 bits per heavy atom. The van der Waals surface area contributed by atoms with Gasteiger partial charge in [0.15, 0.2) is 0 Å². The molecule has 0 aliphatic rings. The number of hydrogen-bond acceptors (Lipinski definition) is 5. The fourth-order valence-corrected chi connectivity index (χ4v) is 5.56. The first-order valence-corrected chi connectivity index (χ1v) is 12.1. The Bertz CT molecular complexity index is 1180. The van der Waals surface area contributed by atoms with Gasteiger partial charge in [-0.05, 0) is 59.5 Å². The highest BCUT2D eigenvalue weighted by molar-refractivity contribution is 7.98. The molecular weight excluding hydrogens is 446 g/mol. The maximum Gasteiger partial charge on any atom is 0.207 e. The smallest absolute Gasteiger partial charge is 0.207 e. The predicted molar refractivity (Wildman–Crippen MR) is 124 cm³/mol. The van der Waals surface area contributed by atoms with Gasteiger partial charge in [0.25, 0.3) is 0 Å². The summed E-state index contributed by atoms with van der Waals surface area (Å²) in [7, 11) is 0. The average Bonchev–Trinajstić information content (AvgIpc) is 3.41. The number of benzene rings is 1. The number of rotatable bonds is 5. The van der Waals surface area contributed by atoms with Crippen LogP contribution in [0.2, 0.25) is 5.02 Å². The van der Waals surface area contributed by atoms with Crippen LogP contribution in [-0.2, 0) is 0 Å². The van der Waals surface area contributed by atoms with E-state index in [2.05, 4.69) is 12.1 Å². The van der Waals surface area contributed by atoms with Crippen LogP contribution < -0.4 is 0 Å². The first kappa shape index (κ1) is 19.6. The van der Waals surface area contributed by atoms with Gasteiger partial charge in [-0.3, -0.25) is 9.36 Å². The maximum absolute atomic E-state index is 13.2. The third-order valence-corrected chi connectivity index (χ3v) is 7.38. The highest BCUT2D eigenvalue weighted by Crippen LogP contribution is 2.35. The molecule has 0 amide bonds. The number of thiophene rings is 2. The van der Waals surface area contributed by atoms with Gasteiger partial charge in [-0.25, -0.2) is 0 Å². The topological polar surface area (TPSA) is 22.0 Å². The van der Waals surface area contributed by atoms with E-state index in [1.807, 2.05) is 64.0 Å². The maximum atomic E-state index is 13.2. The molecule has 3 heterocycles. The number of ketones is 1. The van der Waals surface area contributed by atoms with Crippen LogP contribution in [0.25, 0.3) is 16.3 Å². The van der Waals surface area contributed by atoms with E-state index in [0.717, 1.165) is 21.2 Å². The zero-order chi connectivity index (χ0) is 19.7. The number of halogens is 1. The summed E-state index contributed by atoms with van der Waals surface area (Å²) in [5.41, 5.74) is 2.42. The number of aromatic nitrogens is 1. The highest BCUT2D eigenvalue weighted by atomic mass is 35.5. The number of carbonyl (C=O) groups is 1. The van der Waals surface area contributed by atoms with Gasteiger partial charge in [-0.15, -0.1) is 34.4 Å². The predicted octanol–water partition coefficient (Wildman–Crippen LogP) is 7.60. The van der Waals surface area contributed by atoms with Crippen LogP contribution >= 0.6 is 58.3 Å². The first-order valence-electron chi connectivity index (χ1n) is 8.32. The summed E-state index contributed by atoms with van der Waals surface area (Å²) in [6.07, 6.45) is 1.97. The Hall–Kier alpha value is -1.70. The van der Waals surface area contributed by atoms with Gasteiger partial charge < -0.3 is 0 Å². The van der Waals surface area contributed by atoms with Crippen LogP contribution in [0.4, 0.5) is 0 Å². The molecule has 0 aliphatic carbocycles. The standard InChI is InChI=1S/C21H14ClNOS4/c1-26-18-12-15(16-4-2-10-27-16)23(14-8-6-13(22)7-9-14)21(25)19(18)20(24)17-5-3-11-28-17/h2-12H,1H3. The summed E-state index contributed by atoms with van der Waals surface area (Å²) in [6.45, 7) is 0. The van der Waals surface area contributed by atoms with Crippen LogP contribution in [0, 0.1) is 4.64 Å². The van der Waals surface area contributed by atoms with Crippen molar-refractivity contribution >= 4 is 64.0 Å². The Labute approximate surface area is 185 Å². The molecule has 0 unspecified atom stereocenters. The second kappa shape index (κ2) is 8.35. The molecule has 4 rings (SSSR count). The molecule has 0 saturated carbocycles. The monoisotopic (exact) mass is 459 g/mol. The van der Waals surface area contributed by atoms with Crippen molar-refractivity contribution in [3.8, 4) is 16.3 Å². The van der Waals surface area contributed by atoms with Gasteiger partial charge in [0.1, 0.15) is 4.64 Å². The molecule has 1 aromatic carbocycles. The Kier molecular flexibility index (Phi) is 5.85. The largest absolute Gasteiger partial charge is 0.299 e. The zero-order valence-electron chi connectivity index (χ0n) is 14.7. The molecule has 0 atom stereocenters. The van der Waals surface area contributed by atoms with E-state index >= 15 is 0 Å². The summed E-state index contributed by atoms with van der Waals surface area (Å²) in [4.78, 5) is 15.9. The Morgan fingerprint density at radius 1 is 1.07 bits per heavy atom. The summed E-state index contributed by atoms with van der Waals surface area (Å²) >= 11 is 16.6. The van der Waals surface area contributed by atoms with Crippen molar-refractivity contribution in [1.29, 1.82) is 0 Å². The van der Waals surface area contributed by atoms with Crippen molar-refractivity contribution < 1.29 is 4.79 Å². The molecule has 4 aromatic rings. The van der Waals surface area contributed by atoms with Gasteiger partial charge in [0, 0.05) is 15.6 Å². The molecule has 0 bridgehead atoms. The Balaban J connectivity index is 2.04. The van der Waals surface area contributed by atoms with E-state index in [1.54, 1.807) is 23.1 Å². The number of thioether (sulfide) groups is 1. The van der Waals surface area contributed by atoms with Gasteiger partial charge in [0.2, 0.25) is 5.78 Å². The average molecular weight is 460 g/mol. The van der Waals surface area contributed by atoms with E-state index in [-0.39, 0.29) is 5.78 Å². The number of carbonyl (C=O) groups excluding carboxylic acids is 1. The summed E-state index contributed by atoms with van der Waals surface area (Å²) < 4.78 is 2.48. The van der Waals surface area contributed by atoms with Crippen molar-refractivity contribution in [1.82, 2.24) is 4.57 Å². The summed E-state index contributed by atoms with van der Waals surface area (Å²) in [5, 5.41) is 4.60.